The van der Waals surface area contributed by atoms with Crippen molar-refractivity contribution in [3.05, 3.63) is 92.8 Å². The van der Waals surface area contributed by atoms with E-state index >= 15 is 0 Å². The number of unbranched alkanes of at least 4 members (excludes halogenated alkanes) is 3. The zero-order valence-corrected chi connectivity index (χ0v) is 36.5. The molecule has 3 aliphatic heterocycles. The number of benzene rings is 1. The summed E-state index contributed by atoms with van der Waals surface area (Å²) in [5, 5.41) is 14.9. The fourth-order valence-electron chi connectivity index (χ4n) is 9.42. The molecular formula is C47H50N12O6. The molecule has 0 radical (unpaired) electrons. The van der Waals surface area contributed by atoms with E-state index in [1.54, 1.807) is 35.9 Å². The fourth-order valence-corrected chi connectivity index (χ4v) is 9.42. The number of carbonyl (C=O) groups is 5. The van der Waals surface area contributed by atoms with Crippen molar-refractivity contribution in [2.45, 2.75) is 103 Å². The molecule has 4 amide bonds. The van der Waals surface area contributed by atoms with E-state index in [9.17, 15) is 28.8 Å². The van der Waals surface area contributed by atoms with Crippen molar-refractivity contribution in [1.29, 1.82) is 0 Å². The number of Topliss-reactive ketones (excluding diaryl/α,β-unsaturated/α-hetero) is 1. The number of anilines is 3. The van der Waals surface area contributed by atoms with Gasteiger partial charge >= 0.3 is 0 Å². The van der Waals surface area contributed by atoms with E-state index in [-0.39, 0.29) is 46.9 Å². The standard InChI is InChI=1S/C47H50N12O6/c1-29-36-26-49-47(52-42(36)58(33-13-7-8-14-33)45(64)40(29)30(2)60)50-38-18-16-34(25-48-38)56-23-21-55(22-24-56)27-32-28-57(54-53-32)20-9-5-3-4-6-11-31-12-10-15-35-41(31)46(65)59(44(35)63)37-17-19-39(61)51-43(37)62/h10,12,15-16,18,25-26,28,33,37H,3-5,7-9,13-14,17,19-24,27H2,1-2H3,(H,51,61,62)(H,48,49,50,52). The van der Waals surface area contributed by atoms with Crippen LogP contribution in [0.1, 0.15) is 125 Å². The summed E-state index contributed by atoms with van der Waals surface area (Å²) < 4.78 is 3.59. The smallest absolute Gasteiger partial charge is 0.263 e. The molecule has 2 saturated heterocycles. The molecule has 65 heavy (non-hydrogen) atoms. The molecule has 1 unspecified atom stereocenters. The third-order valence-electron chi connectivity index (χ3n) is 12.8. The highest BCUT2D eigenvalue weighted by atomic mass is 16.2. The van der Waals surface area contributed by atoms with E-state index in [1.807, 2.05) is 29.2 Å². The van der Waals surface area contributed by atoms with E-state index in [0.717, 1.165) is 94.0 Å². The van der Waals surface area contributed by atoms with Crippen LogP contribution in [0, 0.1) is 18.8 Å². The SMILES string of the molecule is CC(=O)c1c(C)c2cnc(Nc3ccc(N4CCN(Cc5cn(CCCCCC#Cc6cccc7c6C(=O)N(C6CCC(=O)NC6=O)C7=O)nn5)CC4)cn3)nc2n(C2CCCC2)c1=O. The van der Waals surface area contributed by atoms with Crippen LogP contribution in [0.3, 0.4) is 0 Å². The summed E-state index contributed by atoms with van der Waals surface area (Å²) >= 11 is 0. The summed E-state index contributed by atoms with van der Waals surface area (Å²) in [6.45, 7) is 8.06. The van der Waals surface area contributed by atoms with Crippen molar-refractivity contribution >= 4 is 57.9 Å². The molecule has 1 aromatic carbocycles. The average molecular weight is 879 g/mol. The summed E-state index contributed by atoms with van der Waals surface area (Å²) in [7, 11) is 0. The number of hydrogen-bond donors (Lipinski definition) is 2. The van der Waals surface area contributed by atoms with Gasteiger partial charge in [0.05, 0.1) is 34.3 Å². The first-order valence-electron chi connectivity index (χ1n) is 22.4. The molecule has 7 heterocycles. The number of imide groups is 2. The number of amides is 4. The molecule has 4 aromatic heterocycles. The van der Waals surface area contributed by atoms with Crippen LogP contribution >= 0.6 is 0 Å². The van der Waals surface area contributed by atoms with Crippen LogP contribution in [0.15, 0.2) is 53.7 Å². The summed E-state index contributed by atoms with van der Waals surface area (Å²) in [6.07, 6.45) is 12.8. The lowest BCUT2D eigenvalue weighted by molar-refractivity contribution is -0.136. The van der Waals surface area contributed by atoms with Gasteiger partial charge in [0.1, 0.15) is 17.5 Å². The minimum atomic E-state index is -1.01. The molecule has 1 atom stereocenters. The lowest BCUT2D eigenvalue weighted by Gasteiger charge is -2.35. The highest BCUT2D eigenvalue weighted by Gasteiger charge is 2.45. The number of aryl methyl sites for hydroxylation is 2. The van der Waals surface area contributed by atoms with Crippen molar-refractivity contribution in [3.63, 3.8) is 0 Å². The largest absolute Gasteiger partial charge is 0.368 e. The van der Waals surface area contributed by atoms with Crippen LogP contribution in [0.25, 0.3) is 11.0 Å². The number of rotatable bonds is 13. The van der Waals surface area contributed by atoms with Crippen LogP contribution in [-0.4, -0.2) is 106 Å². The van der Waals surface area contributed by atoms with Crippen molar-refractivity contribution in [2.75, 3.05) is 36.4 Å². The van der Waals surface area contributed by atoms with Gasteiger partial charge in [-0.1, -0.05) is 42.4 Å². The Morgan fingerprint density at radius 3 is 2.49 bits per heavy atom. The van der Waals surface area contributed by atoms with E-state index in [4.69, 9.17) is 4.98 Å². The Morgan fingerprint density at radius 1 is 0.923 bits per heavy atom. The van der Waals surface area contributed by atoms with Crippen molar-refractivity contribution in [3.8, 4) is 11.8 Å². The number of hydrogen-bond acceptors (Lipinski definition) is 14. The fraction of sp³-hybridized carbons (Fsp3) is 0.426. The third kappa shape index (κ3) is 8.88. The van der Waals surface area contributed by atoms with Crippen LogP contribution in [0.4, 0.5) is 17.5 Å². The number of piperazine rings is 1. The molecule has 1 aliphatic carbocycles. The number of aromatic nitrogens is 7. The van der Waals surface area contributed by atoms with Gasteiger partial charge in [0.2, 0.25) is 17.8 Å². The van der Waals surface area contributed by atoms with Gasteiger partial charge in [0.15, 0.2) is 5.78 Å². The van der Waals surface area contributed by atoms with Gasteiger partial charge in [0, 0.05) is 81.5 Å². The number of ketones is 1. The lowest BCUT2D eigenvalue weighted by Crippen LogP contribution is -2.54. The van der Waals surface area contributed by atoms with Crippen LogP contribution < -0.4 is 21.1 Å². The minimum absolute atomic E-state index is 0.00188. The summed E-state index contributed by atoms with van der Waals surface area (Å²) in [5.41, 5.74) is 3.90. The number of carbonyl (C=O) groups excluding carboxylic acids is 5. The molecular weight excluding hydrogens is 829 g/mol. The quantitative estimate of drug-likeness (QED) is 0.0723. The Hall–Kier alpha value is -7.13. The maximum atomic E-state index is 13.6. The second-order valence-corrected chi connectivity index (χ2v) is 17.2. The number of fused-ring (bicyclic) bond motifs is 2. The van der Waals surface area contributed by atoms with Gasteiger partial charge in [-0.3, -0.25) is 53.1 Å². The average Bonchev–Trinajstić information content (AvgIpc) is 4.05. The number of nitrogens with zero attached hydrogens (tertiary/aromatic N) is 10. The van der Waals surface area contributed by atoms with Crippen molar-refractivity contribution in [2.24, 2.45) is 0 Å². The minimum Gasteiger partial charge on any atom is -0.368 e. The number of nitrogens with one attached hydrogen (secondary N) is 2. The molecule has 5 aromatic rings. The highest BCUT2D eigenvalue weighted by Crippen LogP contribution is 2.33. The second-order valence-electron chi connectivity index (χ2n) is 17.2. The molecule has 0 spiro atoms. The lowest BCUT2D eigenvalue weighted by atomic mass is 10.0. The Labute approximate surface area is 374 Å². The van der Waals surface area contributed by atoms with Crippen LogP contribution in [0.2, 0.25) is 0 Å². The monoisotopic (exact) mass is 878 g/mol. The van der Waals surface area contributed by atoms with E-state index in [2.05, 4.69) is 52.6 Å². The van der Waals surface area contributed by atoms with E-state index < -0.39 is 29.7 Å². The predicted octanol–water partition coefficient (Wildman–Crippen LogP) is 4.48. The second kappa shape index (κ2) is 18.5. The van der Waals surface area contributed by atoms with Crippen molar-refractivity contribution in [1.82, 2.24) is 49.6 Å². The van der Waals surface area contributed by atoms with Gasteiger partial charge in [-0.15, -0.1) is 5.10 Å². The Kier molecular flexibility index (Phi) is 12.3. The first kappa shape index (κ1) is 43.1. The molecule has 3 fully saturated rings. The Bertz CT molecular complexity index is 2830. The Balaban J connectivity index is 0.717. The van der Waals surface area contributed by atoms with Gasteiger partial charge in [-0.05, 0) is 75.8 Å². The van der Waals surface area contributed by atoms with Crippen LogP contribution in [-0.2, 0) is 22.7 Å². The van der Waals surface area contributed by atoms with Gasteiger partial charge in [-0.2, -0.15) is 4.98 Å². The molecule has 4 aliphatic rings. The summed E-state index contributed by atoms with van der Waals surface area (Å²) in [5.74, 6) is 4.73. The van der Waals surface area contributed by atoms with Crippen LogP contribution in [0.5, 0.6) is 0 Å². The Morgan fingerprint density at radius 2 is 1.74 bits per heavy atom. The summed E-state index contributed by atoms with van der Waals surface area (Å²) in [6, 6.07) is 7.88. The maximum Gasteiger partial charge on any atom is 0.263 e. The predicted molar refractivity (Wildman–Crippen MR) is 240 cm³/mol. The summed E-state index contributed by atoms with van der Waals surface area (Å²) in [4.78, 5) is 96.1. The normalized spacial score (nSPS) is 18.0. The first-order chi connectivity index (χ1) is 31.5. The molecule has 2 N–H and O–H groups in total. The zero-order valence-electron chi connectivity index (χ0n) is 36.5. The highest BCUT2D eigenvalue weighted by molar-refractivity contribution is 6.24. The maximum absolute atomic E-state index is 13.6. The molecule has 334 valence electrons. The van der Waals surface area contributed by atoms with Crippen molar-refractivity contribution < 1.29 is 24.0 Å². The molecule has 1 saturated carbocycles. The third-order valence-corrected chi connectivity index (χ3v) is 12.8. The first-order valence-corrected chi connectivity index (χ1v) is 22.4. The molecule has 18 heteroatoms. The number of pyridine rings is 2. The topological polar surface area (TPSA) is 211 Å². The number of piperidine rings is 1. The van der Waals surface area contributed by atoms with Gasteiger partial charge in [0.25, 0.3) is 17.4 Å². The molecule has 0 bridgehead atoms. The van der Waals surface area contributed by atoms with Gasteiger partial charge < -0.3 is 10.2 Å². The zero-order chi connectivity index (χ0) is 45.2. The molecule has 18 nitrogen and oxygen atoms in total. The van der Waals surface area contributed by atoms with Gasteiger partial charge in [-0.25, -0.2) is 9.97 Å². The van der Waals surface area contributed by atoms with E-state index in [0.29, 0.717) is 46.9 Å². The molecule has 9 rings (SSSR count). The van der Waals surface area contributed by atoms with E-state index in [1.165, 1.54) is 6.92 Å².